The fraction of sp³-hybridized carbons (Fsp3) is 0.450. The van der Waals surface area contributed by atoms with Crippen LogP contribution in [-0.2, 0) is 6.54 Å². The molecule has 1 aliphatic carbocycles. The lowest BCUT2D eigenvalue weighted by Gasteiger charge is -2.33. The van der Waals surface area contributed by atoms with Crippen LogP contribution in [0.25, 0.3) is 0 Å². The highest BCUT2D eigenvalue weighted by atomic mass is 15.2. The number of hydrogen-bond acceptors (Lipinski definition) is 3. The van der Waals surface area contributed by atoms with Crippen molar-refractivity contribution in [1.82, 2.24) is 4.98 Å². The van der Waals surface area contributed by atoms with Crippen molar-refractivity contribution in [3.63, 3.8) is 0 Å². The Morgan fingerprint density at radius 2 is 2.09 bits per heavy atom. The van der Waals surface area contributed by atoms with Gasteiger partial charge in [-0.05, 0) is 42.9 Å². The number of pyridine rings is 1. The third-order valence-corrected chi connectivity index (χ3v) is 5.27. The highest BCUT2D eigenvalue weighted by Gasteiger charge is 2.25. The van der Waals surface area contributed by atoms with Crippen LogP contribution in [0.1, 0.15) is 38.2 Å². The van der Waals surface area contributed by atoms with Gasteiger partial charge in [-0.2, -0.15) is 0 Å². The first-order valence-electron chi connectivity index (χ1n) is 8.84. The zero-order chi connectivity index (χ0) is 15.6. The average molecular weight is 307 g/mol. The van der Waals surface area contributed by atoms with E-state index in [1.165, 1.54) is 42.6 Å². The fourth-order valence-corrected chi connectivity index (χ4v) is 4.15. The van der Waals surface area contributed by atoms with Gasteiger partial charge in [0.25, 0.3) is 0 Å². The Morgan fingerprint density at radius 3 is 3.00 bits per heavy atom. The van der Waals surface area contributed by atoms with Crippen molar-refractivity contribution in [2.45, 2.75) is 39.2 Å². The lowest BCUT2D eigenvalue weighted by atomic mass is 9.82. The van der Waals surface area contributed by atoms with Crippen LogP contribution in [0.5, 0.6) is 0 Å². The summed E-state index contributed by atoms with van der Waals surface area (Å²) < 4.78 is 0. The summed E-state index contributed by atoms with van der Waals surface area (Å²) in [6.07, 6.45) is 7.40. The van der Waals surface area contributed by atoms with E-state index in [1.807, 2.05) is 12.3 Å². The Kier molecular flexibility index (Phi) is 3.94. The molecule has 1 fully saturated rings. The fourth-order valence-electron chi connectivity index (χ4n) is 4.15. The molecule has 2 heterocycles. The first kappa shape index (κ1) is 14.6. The van der Waals surface area contributed by atoms with E-state index in [2.05, 4.69) is 52.5 Å². The van der Waals surface area contributed by atoms with Crippen LogP contribution >= 0.6 is 0 Å². The number of anilines is 3. The number of rotatable bonds is 2. The molecule has 2 unspecified atom stereocenters. The molecule has 2 aliphatic rings. The van der Waals surface area contributed by atoms with Gasteiger partial charge in [0.1, 0.15) is 5.82 Å². The van der Waals surface area contributed by atoms with Crippen LogP contribution in [0.2, 0.25) is 0 Å². The minimum Gasteiger partial charge on any atom is -0.365 e. The summed E-state index contributed by atoms with van der Waals surface area (Å²) in [6.45, 7) is 4.50. The maximum Gasteiger partial charge on any atom is 0.135 e. The van der Waals surface area contributed by atoms with Gasteiger partial charge < -0.3 is 10.2 Å². The second kappa shape index (κ2) is 6.23. The van der Waals surface area contributed by atoms with Crippen LogP contribution in [0.15, 0.2) is 42.6 Å². The lowest BCUT2D eigenvalue weighted by Crippen LogP contribution is -2.31. The minimum atomic E-state index is 0.810. The molecule has 2 atom stereocenters. The molecule has 3 nitrogen and oxygen atoms in total. The third kappa shape index (κ3) is 3.05. The summed E-state index contributed by atoms with van der Waals surface area (Å²) in [4.78, 5) is 7.09. The van der Waals surface area contributed by atoms with Gasteiger partial charge in [-0.3, -0.25) is 0 Å². The first-order valence-corrected chi connectivity index (χ1v) is 8.84. The van der Waals surface area contributed by atoms with Gasteiger partial charge in [-0.25, -0.2) is 4.98 Å². The van der Waals surface area contributed by atoms with Gasteiger partial charge in [0.15, 0.2) is 0 Å². The van der Waals surface area contributed by atoms with E-state index < -0.39 is 0 Å². The van der Waals surface area contributed by atoms with Gasteiger partial charge in [0.05, 0.1) is 11.4 Å². The first-order chi connectivity index (χ1) is 11.3. The molecule has 4 rings (SSSR count). The van der Waals surface area contributed by atoms with Gasteiger partial charge >= 0.3 is 0 Å². The van der Waals surface area contributed by atoms with E-state index in [9.17, 15) is 0 Å². The Hall–Kier alpha value is -2.03. The molecule has 1 N–H and O–H groups in total. The second-order valence-electron chi connectivity index (χ2n) is 7.17. The molecule has 3 heteroatoms. The van der Waals surface area contributed by atoms with Crippen LogP contribution in [-0.4, -0.2) is 11.5 Å². The summed E-state index contributed by atoms with van der Waals surface area (Å²) in [5.74, 6) is 2.69. The van der Waals surface area contributed by atoms with Gasteiger partial charge in [-0.15, -0.1) is 0 Å². The number of hydrogen-bond donors (Lipinski definition) is 1. The topological polar surface area (TPSA) is 28.2 Å². The summed E-state index contributed by atoms with van der Waals surface area (Å²) in [5.41, 5.74) is 3.77. The quantitative estimate of drug-likeness (QED) is 0.849. The molecule has 1 aromatic carbocycles. The number of benzene rings is 1. The predicted octanol–water partition coefficient (Wildman–Crippen LogP) is 4.97. The summed E-state index contributed by atoms with van der Waals surface area (Å²) >= 11 is 0. The molecule has 120 valence electrons. The van der Waals surface area contributed by atoms with E-state index >= 15 is 0 Å². The molecule has 0 radical (unpaired) electrons. The van der Waals surface area contributed by atoms with Crippen molar-refractivity contribution in [2.24, 2.45) is 11.8 Å². The lowest BCUT2D eigenvalue weighted by molar-refractivity contribution is 0.284. The Balaban J connectivity index is 1.65. The van der Waals surface area contributed by atoms with Gasteiger partial charge in [0, 0.05) is 24.8 Å². The van der Waals surface area contributed by atoms with Crippen LogP contribution < -0.4 is 10.2 Å². The predicted molar refractivity (Wildman–Crippen MR) is 96.1 cm³/mol. The standard InChI is InChI=1S/C20H25N3/c1-15-6-4-7-16(12-15)13-23-14-17-8-5-11-21-20(17)22-18-9-2-3-10-19(18)23/h2-3,5,8-11,15-16H,4,6-7,12-14H2,1H3,(H,21,22). The van der Waals surface area contributed by atoms with Crippen molar-refractivity contribution in [2.75, 3.05) is 16.8 Å². The molecule has 1 aliphatic heterocycles. The van der Waals surface area contributed by atoms with Gasteiger partial charge in [0.2, 0.25) is 0 Å². The SMILES string of the molecule is CC1CCCC(CN2Cc3cccnc3Nc3ccccc32)C1. The highest BCUT2D eigenvalue weighted by Crippen LogP contribution is 2.37. The Labute approximate surface area is 138 Å². The molecule has 1 saturated carbocycles. The number of fused-ring (bicyclic) bond motifs is 2. The summed E-state index contributed by atoms with van der Waals surface area (Å²) in [7, 11) is 0. The second-order valence-corrected chi connectivity index (χ2v) is 7.17. The van der Waals surface area contributed by atoms with Gasteiger partial charge in [-0.1, -0.05) is 38.0 Å². The van der Waals surface area contributed by atoms with Crippen molar-refractivity contribution >= 4 is 17.2 Å². The smallest absolute Gasteiger partial charge is 0.135 e. The maximum atomic E-state index is 4.53. The third-order valence-electron chi connectivity index (χ3n) is 5.27. The number of aromatic nitrogens is 1. The van der Waals surface area contributed by atoms with E-state index in [-0.39, 0.29) is 0 Å². The molecule has 0 bridgehead atoms. The number of para-hydroxylation sites is 2. The summed E-state index contributed by atoms with van der Waals surface area (Å²) in [5, 5.41) is 3.53. The van der Waals surface area contributed by atoms with Crippen LogP contribution in [0, 0.1) is 11.8 Å². The monoisotopic (exact) mass is 307 g/mol. The van der Waals surface area contributed by atoms with Crippen molar-refractivity contribution < 1.29 is 0 Å². The van der Waals surface area contributed by atoms with Crippen molar-refractivity contribution in [3.05, 3.63) is 48.2 Å². The largest absolute Gasteiger partial charge is 0.365 e. The summed E-state index contributed by atoms with van der Waals surface area (Å²) in [6, 6.07) is 12.9. The Morgan fingerprint density at radius 1 is 1.17 bits per heavy atom. The molecular formula is C20H25N3. The number of nitrogens with zero attached hydrogens (tertiary/aromatic N) is 2. The molecule has 0 amide bonds. The molecule has 2 aromatic rings. The normalized spacial score (nSPS) is 23.4. The molecular weight excluding hydrogens is 282 g/mol. The molecule has 0 spiro atoms. The van der Waals surface area contributed by atoms with E-state index in [4.69, 9.17) is 0 Å². The van der Waals surface area contributed by atoms with Crippen molar-refractivity contribution in [1.29, 1.82) is 0 Å². The zero-order valence-corrected chi connectivity index (χ0v) is 13.8. The van der Waals surface area contributed by atoms with E-state index in [0.29, 0.717) is 0 Å². The van der Waals surface area contributed by atoms with E-state index in [1.54, 1.807) is 0 Å². The molecule has 23 heavy (non-hydrogen) atoms. The zero-order valence-electron chi connectivity index (χ0n) is 13.8. The average Bonchev–Trinajstić information content (AvgIpc) is 2.71. The maximum absolute atomic E-state index is 4.53. The van der Waals surface area contributed by atoms with E-state index in [0.717, 1.165) is 30.7 Å². The molecule has 1 aromatic heterocycles. The van der Waals surface area contributed by atoms with Crippen molar-refractivity contribution in [3.8, 4) is 0 Å². The highest BCUT2D eigenvalue weighted by molar-refractivity contribution is 5.77. The van der Waals surface area contributed by atoms with Crippen LogP contribution in [0.4, 0.5) is 17.2 Å². The minimum absolute atomic E-state index is 0.810. The Bertz CT molecular complexity index is 682. The van der Waals surface area contributed by atoms with Crippen LogP contribution in [0.3, 0.4) is 0 Å². The number of nitrogens with one attached hydrogen (secondary N) is 1. The molecule has 0 saturated heterocycles.